The van der Waals surface area contributed by atoms with Crippen molar-refractivity contribution < 1.29 is 33.8 Å². The largest absolute Gasteiger partial charge is 0.505 e. The summed E-state index contributed by atoms with van der Waals surface area (Å²) < 4.78 is 4.62. The Labute approximate surface area is 271 Å². The van der Waals surface area contributed by atoms with Crippen LogP contribution in [-0.4, -0.2) is 61.8 Å². The van der Waals surface area contributed by atoms with Crippen LogP contribution in [0.2, 0.25) is 0 Å². The van der Waals surface area contributed by atoms with Crippen molar-refractivity contribution in [3.05, 3.63) is 119 Å². The number of carbonyl (C=O) groups excluding carboxylic acids is 5. The third-order valence-corrected chi connectivity index (χ3v) is 6.36. The second-order valence-electron chi connectivity index (χ2n) is 9.68. The minimum absolute atomic E-state index is 0.00729. The van der Waals surface area contributed by atoms with Crippen molar-refractivity contribution in [2.45, 2.75) is 0 Å². The lowest BCUT2D eigenvalue weighted by Crippen LogP contribution is -2.20. The van der Waals surface area contributed by atoms with Crippen molar-refractivity contribution in [2.75, 3.05) is 34.1 Å². The summed E-state index contributed by atoms with van der Waals surface area (Å²) in [5, 5.41) is 20.5. The van der Waals surface area contributed by atoms with E-state index >= 15 is 0 Å². The number of ether oxygens (including phenoxy) is 1. The number of nitrogen functional groups attached to an aromatic ring is 1. The highest BCUT2D eigenvalue weighted by atomic mass is 16.5. The molecule has 16 nitrogen and oxygen atoms in total. The highest BCUT2D eigenvalue weighted by Crippen LogP contribution is 2.28. The summed E-state index contributed by atoms with van der Waals surface area (Å²) >= 11 is 0. The van der Waals surface area contributed by atoms with Crippen LogP contribution in [0.5, 0.6) is 5.75 Å². The van der Waals surface area contributed by atoms with E-state index in [4.69, 9.17) is 5.73 Å². The molecule has 16 heteroatoms. The number of anilines is 5. The first-order valence-electron chi connectivity index (χ1n) is 13.9. The van der Waals surface area contributed by atoms with Gasteiger partial charge in [-0.05, 0) is 60.7 Å². The van der Waals surface area contributed by atoms with E-state index in [1.54, 1.807) is 6.07 Å². The van der Waals surface area contributed by atoms with E-state index in [-0.39, 0.29) is 57.3 Å². The average Bonchev–Trinajstić information content (AvgIpc) is 3.09. The van der Waals surface area contributed by atoms with Crippen LogP contribution in [0.4, 0.5) is 29.0 Å². The van der Waals surface area contributed by atoms with Gasteiger partial charge in [0.15, 0.2) is 5.75 Å². The van der Waals surface area contributed by atoms with Gasteiger partial charge in [-0.15, -0.1) is 0 Å². The first-order chi connectivity index (χ1) is 23.1. The number of phenolic OH excluding ortho intramolecular Hbond substituents is 1. The molecule has 5 rings (SSSR count). The summed E-state index contributed by atoms with van der Waals surface area (Å²) in [6.07, 6.45) is 0. The van der Waals surface area contributed by atoms with Crippen molar-refractivity contribution >= 4 is 58.6 Å². The summed E-state index contributed by atoms with van der Waals surface area (Å²) in [7, 11) is 1.16. The van der Waals surface area contributed by atoms with Gasteiger partial charge in [0.1, 0.15) is 51.6 Å². The fourth-order valence-corrected chi connectivity index (χ4v) is 4.12. The van der Waals surface area contributed by atoms with Crippen LogP contribution in [0.25, 0.3) is 0 Å². The molecule has 4 heterocycles. The summed E-state index contributed by atoms with van der Waals surface area (Å²) in [6, 6.07) is 21.8. The Morgan fingerprint density at radius 2 is 0.958 bits per heavy atom. The molecule has 240 valence electrons. The number of methoxy groups -OCH3 is 1. The number of nitrogens with two attached hydrogens (primary N) is 1. The van der Waals surface area contributed by atoms with Crippen molar-refractivity contribution in [3.8, 4) is 5.75 Å². The number of nitrogens with zero attached hydrogens (tertiary/aromatic N) is 4. The number of phenols is 1. The highest BCUT2D eigenvalue weighted by Gasteiger charge is 2.19. The quantitative estimate of drug-likeness (QED) is 0.0997. The van der Waals surface area contributed by atoms with Crippen molar-refractivity contribution in [1.29, 1.82) is 0 Å². The van der Waals surface area contributed by atoms with E-state index in [1.165, 1.54) is 84.9 Å². The van der Waals surface area contributed by atoms with Gasteiger partial charge in [0.25, 0.3) is 23.6 Å². The minimum Gasteiger partial charge on any atom is -0.505 e. The number of aromatic hydroxyl groups is 1. The number of nitrogens with one attached hydrogen (secondary N) is 4. The molecule has 48 heavy (non-hydrogen) atoms. The highest BCUT2D eigenvalue weighted by molar-refractivity contribution is 6.07. The summed E-state index contributed by atoms with van der Waals surface area (Å²) in [5.74, 6) is -3.64. The molecule has 5 aromatic rings. The molecule has 0 spiro atoms. The van der Waals surface area contributed by atoms with E-state index in [2.05, 4.69) is 45.9 Å². The van der Waals surface area contributed by atoms with Crippen molar-refractivity contribution in [2.24, 2.45) is 0 Å². The number of aromatic nitrogens is 4. The first kappa shape index (κ1) is 32.2. The monoisotopic (exact) mass is 647 g/mol. The molecule has 0 aliphatic heterocycles. The number of carbonyl (C=O) groups is 5. The number of rotatable bonds is 9. The van der Waals surface area contributed by atoms with Crippen molar-refractivity contribution in [1.82, 2.24) is 19.9 Å². The molecule has 7 N–H and O–H groups in total. The molecule has 0 unspecified atom stereocenters. The molecule has 1 aromatic carbocycles. The van der Waals surface area contributed by atoms with Crippen LogP contribution >= 0.6 is 0 Å². The lowest BCUT2D eigenvalue weighted by Gasteiger charge is -2.11. The predicted octanol–water partition coefficient (Wildman–Crippen LogP) is 3.35. The fourth-order valence-electron chi connectivity index (χ4n) is 4.12. The second-order valence-corrected chi connectivity index (χ2v) is 9.68. The van der Waals surface area contributed by atoms with E-state index in [0.29, 0.717) is 0 Å². The fraction of sp³-hybridized carbons (Fsp3) is 0.0312. The lowest BCUT2D eigenvalue weighted by molar-refractivity contribution is 0.0596. The average molecular weight is 648 g/mol. The third-order valence-electron chi connectivity index (χ3n) is 6.36. The Hall–Kier alpha value is -7.23. The van der Waals surface area contributed by atoms with Gasteiger partial charge in [-0.1, -0.05) is 30.3 Å². The maximum atomic E-state index is 13.0. The molecule has 0 atom stereocenters. The number of hydrogen-bond acceptors (Lipinski definition) is 12. The number of esters is 1. The Bertz CT molecular complexity index is 2070. The predicted molar refractivity (Wildman–Crippen MR) is 173 cm³/mol. The maximum Gasteiger partial charge on any atom is 0.341 e. The van der Waals surface area contributed by atoms with Gasteiger partial charge in [-0.2, -0.15) is 0 Å². The summed E-state index contributed by atoms with van der Waals surface area (Å²) in [5.41, 5.74) is 5.26. The minimum atomic E-state index is -0.788. The lowest BCUT2D eigenvalue weighted by atomic mass is 10.1. The topological polar surface area (TPSA) is 241 Å². The SMILES string of the molecule is COC(=O)c1cccc(NC(=O)c2cccc(NC(=O)c3cccc(NC(=O)c4cccc(NC(=O)c5cccc(N)n5)n4)n3)n2)c1O. The normalized spacial score (nSPS) is 10.4. The molecule has 0 fully saturated rings. The van der Waals surface area contributed by atoms with Crippen LogP contribution in [-0.2, 0) is 4.74 Å². The number of amides is 4. The standard InChI is InChI=1S/C32H25N9O7/c1-48-32(47)17-7-2-8-18(27(17)42)38-28(43)20-10-4-14-24(35-20)40-30(45)22-12-6-16-26(37-22)41-31(46)21-11-5-15-25(36-21)39-29(44)19-9-3-13-23(33)34-19/h2-16,42H,1H3,(H2,33,34)(H,38,43)(H,35,40,45)(H,36,39,44)(H,37,41,46). The van der Waals surface area contributed by atoms with E-state index in [1.807, 2.05) is 0 Å². The molecule has 0 aliphatic carbocycles. The van der Waals surface area contributed by atoms with Crippen LogP contribution in [0.15, 0.2) is 91.0 Å². The van der Waals surface area contributed by atoms with Gasteiger partial charge in [0.2, 0.25) is 0 Å². The summed E-state index contributed by atoms with van der Waals surface area (Å²) in [4.78, 5) is 79.5. The van der Waals surface area contributed by atoms with Gasteiger partial charge < -0.3 is 36.8 Å². The zero-order valence-corrected chi connectivity index (χ0v) is 24.9. The van der Waals surface area contributed by atoms with Crippen LogP contribution in [0.1, 0.15) is 52.3 Å². The number of benzene rings is 1. The van der Waals surface area contributed by atoms with Crippen LogP contribution < -0.4 is 27.0 Å². The Morgan fingerprint density at radius 3 is 1.40 bits per heavy atom. The summed E-state index contributed by atoms with van der Waals surface area (Å²) in [6.45, 7) is 0. The maximum absolute atomic E-state index is 13.0. The molecule has 0 saturated heterocycles. The van der Waals surface area contributed by atoms with E-state index in [9.17, 15) is 29.1 Å². The molecular formula is C32H25N9O7. The molecule has 0 aliphatic rings. The van der Waals surface area contributed by atoms with Crippen molar-refractivity contribution in [3.63, 3.8) is 0 Å². The molecule has 0 saturated carbocycles. The molecule has 0 bridgehead atoms. The first-order valence-corrected chi connectivity index (χ1v) is 13.9. The van der Waals surface area contributed by atoms with E-state index in [0.717, 1.165) is 7.11 Å². The van der Waals surface area contributed by atoms with Gasteiger partial charge in [0, 0.05) is 0 Å². The number of pyridine rings is 4. The smallest absolute Gasteiger partial charge is 0.341 e. The van der Waals surface area contributed by atoms with Crippen LogP contribution in [0.3, 0.4) is 0 Å². The second kappa shape index (κ2) is 14.2. The molecular weight excluding hydrogens is 622 g/mol. The Morgan fingerprint density at radius 1 is 0.562 bits per heavy atom. The van der Waals surface area contributed by atoms with Gasteiger partial charge in [-0.3, -0.25) is 19.2 Å². The zero-order valence-electron chi connectivity index (χ0n) is 24.9. The van der Waals surface area contributed by atoms with Gasteiger partial charge in [0.05, 0.1) is 12.8 Å². The van der Waals surface area contributed by atoms with Gasteiger partial charge >= 0.3 is 5.97 Å². The zero-order chi connectivity index (χ0) is 34.2. The van der Waals surface area contributed by atoms with E-state index < -0.39 is 35.3 Å². The number of hydrogen-bond donors (Lipinski definition) is 6. The number of para-hydroxylation sites is 1. The third kappa shape index (κ3) is 7.70. The Kier molecular flexibility index (Phi) is 9.55. The molecule has 4 aromatic heterocycles. The van der Waals surface area contributed by atoms with Crippen LogP contribution in [0, 0.1) is 0 Å². The van der Waals surface area contributed by atoms with Gasteiger partial charge in [-0.25, -0.2) is 24.7 Å². The molecule has 4 amide bonds. The molecule has 0 radical (unpaired) electrons. The Balaban J connectivity index is 1.23.